The van der Waals surface area contributed by atoms with Gasteiger partial charge in [0.15, 0.2) is 0 Å². The fourth-order valence-electron chi connectivity index (χ4n) is 3.07. The predicted octanol–water partition coefficient (Wildman–Crippen LogP) is 3.22. The topological polar surface area (TPSA) is 15.3 Å². The van der Waals surface area contributed by atoms with Crippen molar-refractivity contribution >= 4 is 0 Å². The van der Waals surface area contributed by atoms with Gasteiger partial charge in [-0.3, -0.25) is 0 Å². The van der Waals surface area contributed by atoms with Crippen molar-refractivity contribution in [3.05, 3.63) is 35.6 Å². The van der Waals surface area contributed by atoms with E-state index in [2.05, 4.69) is 24.1 Å². The number of rotatable bonds is 5. The number of hydrogen-bond acceptors (Lipinski definition) is 2. The summed E-state index contributed by atoms with van der Waals surface area (Å²) < 4.78 is 12.9. The van der Waals surface area contributed by atoms with Gasteiger partial charge in [0, 0.05) is 18.6 Å². The predicted molar refractivity (Wildman–Crippen MR) is 82.5 cm³/mol. The van der Waals surface area contributed by atoms with E-state index in [1.807, 2.05) is 12.1 Å². The largest absolute Gasteiger partial charge is 0.310 e. The van der Waals surface area contributed by atoms with Crippen molar-refractivity contribution < 1.29 is 4.39 Å². The van der Waals surface area contributed by atoms with Crippen LogP contribution in [0.4, 0.5) is 4.39 Å². The molecule has 0 radical (unpaired) electrons. The highest BCUT2D eigenvalue weighted by atomic mass is 19.1. The van der Waals surface area contributed by atoms with Gasteiger partial charge in [-0.25, -0.2) is 4.39 Å². The number of hydrogen-bond donors (Lipinski definition) is 1. The van der Waals surface area contributed by atoms with E-state index in [0.29, 0.717) is 0 Å². The zero-order valence-electron chi connectivity index (χ0n) is 12.8. The van der Waals surface area contributed by atoms with Crippen LogP contribution in [0.15, 0.2) is 24.3 Å². The zero-order valence-corrected chi connectivity index (χ0v) is 12.8. The lowest BCUT2D eigenvalue weighted by Crippen LogP contribution is -2.50. The molecular weight excluding hydrogens is 251 g/mol. The fourth-order valence-corrected chi connectivity index (χ4v) is 3.07. The molecule has 0 spiro atoms. The van der Waals surface area contributed by atoms with E-state index in [1.54, 1.807) is 12.1 Å². The molecule has 3 heteroatoms. The van der Waals surface area contributed by atoms with Crippen molar-refractivity contribution in [2.45, 2.75) is 45.1 Å². The Morgan fingerprint density at radius 2 is 1.90 bits per heavy atom. The van der Waals surface area contributed by atoms with Gasteiger partial charge >= 0.3 is 0 Å². The Morgan fingerprint density at radius 3 is 2.55 bits per heavy atom. The minimum Gasteiger partial charge on any atom is -0.310 e. The second kappa shape index (κ2) is 7.19. The van der Waals surface area contributed by atoms with Gasteiger partial charge in [-0.1, -0.05) is 26.0 Å². The number of halogens is 1. The minimum atomic E-state index is -0.149. The van der Waals surface area contributed by atoms with Crippen LogP contribution in [0.3, 0.4) is 0 Å². The first-order valence-electron chi connectivity index (χ1n) is 7.89. The molecule has 1 aliphatic heterocycles. The summed E-state index contributed by atoms with van der Waals surface area (Å²) in [4.78, 5) is 2.57. The first-order chi connectivity index (χ1) is 9.67. The highest BCUT2D eigenvalue weighted by Gasteiger charge is 2.29. The zero-order chi connectivity index (χ0) is 14.4. The first-order valence-corrected chi connectivity index (χ1v) is 7.89. The molecule has 2 rings (SSSR count). The standard InChI is InChI=1S/C17H27FN2/c1-3-17(4-2)14-20(12-5-11-19-17)13-10-15-6-8-16(18)9-7-15/h6-9,19H,3-5,10-14H2,1-2H3. The van der Waals surface area contributed by atoms with Gasteiger partial charge in [0.05, 0.1) is 0 Å². The van der Waals surface area contributed by atoms with E-state index in [-0.39, 0.29) is 11.4 Å². The summed E-state index contributed by atoms with van der Waals surface area (Å²) in [6, 6.07) is 6.92. The molecule has 1 aromatic rings. The molecule has 0 aromatic heterocycles. The summed E-state index contributed by atoms with van der Waals surface area (Å²) in [5, 5.41) is 3.74. The molecule has 0 saturated carbocycles. The van der Waals surface area contributed by atoms with Crippen LogP contribution in [0.1, 0.15) is 38.7 Å². The average molecular weight is 278 g/mol. The van der Waals surface area contributed by atoms with Crippen molar-refractivity contribution in [3.8, 4) is 0 Å². The Hall–Kier alpha value is -0.930. The molecule has 20 heavy (non-hydrogen) atoms. The second-order valence-electron chi connectivity index (χ2n) is 5.92. The molecule has 0 amide bonds. The molecule has 0 atom stereocenters. The molecule has 1 aromatic carbocycles. The van der Waals surface area contributed by atoms with Gasteiger partial charge in [0.1, 0.15) is 5.82 Å². The highest BCUT2D eigenvalue weighted by Crippen LogP contribution is 2.20. The Labute approximate surface area is 122 Å². The van der Waals surface area contributed by atoms with E-state index < -0.39 is 0 Å². The summed E-state index contributed by atoms with van der Waals surface area (Å²) in [5.74, 6) is -0.149. The number of nitrogens with one attached hydrogen (secondary N) is 1. The average Bonchev–Trinajstić information content (AvgIpc) is 2.69. The normalized spacial score (nSPS) is 19.8. The third-order valence-corrected chi connectivity index (χ3v) is 4.66. The van der Waals surface area contributed by atoms with Gasteiger partial charge in [-0.2, -0.15) is 0 Å². The highest BCUT2D eigenvalue weighted by molar-refractivity contribution is 5.16. The van der Waals surface area contributed by atoms with Crippen LogP contribution < -0.4 is 5.32 Å². The molecule has 1 aliphatic rings. The summed E-state index contributed by atoms with van der Waals surface area (Å²) in [6.45, 7) is 9.03. The van der Waals surface area contributed by atoms with Crippen LogP contribution in [-0.4, -0.2) is 36.6 Å². The van der Waals surface area contributed by atoms with Gasteiger partial charge in [-0.15, -0.1) is 0 Å². The van der Waals surface area contributed by atoms with E-state index in [9.17, 15) is 4.39 Å². The third kappa shape index (κ3) is 4.03. The van der Waals surface area contributed by atoms with E-state index in [4.69, 9.17) is 0 Å². The maximum Gasteiger partial charge on any atom is 0.123 e. The molecule has 1 N–H and O–H groups in total. The summed E-state index contributed by atoms with van der Waals surface area (Å²) >= 11 is 0. The smallest absolute Gasteiger partial charge is 0.123 e. The summed E-state index contributed by atoms with van der Waals surface area (Å²) in [6.07, 6.45) is 4.57. The first kappa shape index (κ1) is 15.5. The van der Waals surface area contributed by atoms with Crippen LogP contribution in [0.2, 0.25) is 0 Å². The Bertz CT molecular complexity index is 398. The second-order valence-corrected chi connectivity index (χ2v) is 5.92. The molecule has 112 valence electrons. The van der Waals surface area contributed by atoms with Crippen molar-refractivity contribution in [1.82, 2.24) is 10.2 Å². The van der Waals surface area contributed by atoms with E-state index in [0.717, 1.165) is 32.6 Å². The van der Waals surface area contributed by atoms with Gasteiger partial charge in [0.2, 0.25) is 0 Å². The number of nitrogens with zero attached hydrogens (tertiary/aromatic N) is 1. The summed E-state index contributed by atoms with van der Waals surface area (Å²) in [5.41, 5.74) is 1.50. The molecule has 1 saturated heterocycles. The lowest BCUT2D eigenvalue weighted by Gasteiger charge is -2.35. The Balaban J connectivity index is 1.92. The van der Waals surface area contributed by atoms with Crippen molar-refractivity contribution in [2.75, 3.05) is 26.2 Å². The van der Waals surface area contributed by atoms with Crippen LogP contribution >= 0.6 is 0 Å². The SMILES string of the molecule is CCC1(CC)CN(CCc2ccc(F)cc2)CCCN1. The molecule has 1 fully saturated rings. The minimum absolute atomic E-state index is 0.149. The summed E-state index contributed by atoms with van der Waals surface area (Å²) in [7, 11) is 0. The van der Waals surface area contributed by atoms with Gasteiger partial charge in [0.25, 0.3) is 0 Å². The molecular formula is C17H27FN2. The van der Waals surface area contributed by atoms with Crippen LogP contribution in [0.25, 0.3) is 0 Å². The van der Waals surface area contributed by atoms with Crippen molar-refractivity contribution in [2.24, 2.45) is 0 Å². The molecule has 0 bridgehead atoms. The quantitative estimate of drug-likeness (QED) is 0.889. The maximum absolute atomic E-state index is 12.9. The lowest BCUT2D eigenvalue weighted by atomic mass is 9.92. The van der Waals surface area contributed by atoms with Crippen LogP contribution in [0.5, 0.6) is 0 Å². The Morgan fingerprint density at radius 1 is 1.20 bits per heavy atom. The van der Waals surface area contributed by atoms with E-state index >= 15 is 0 Å². The third-order valence-electron chi connectivity index (χ3n) is 4.66. The van der Waals surface area contributed by atoms with Gasteiger partial charge in [-0.05, 0) is 56.5 Å². The lowest BCUT2D eigenvalue weighted by molar-refractivity contribution is 0.199. The Kier molecular flexibility index (Phi) is 5.55. The van der Waals surface area contributed by atoms with Gasteiger partial charge < -0.3 is 10.2 Å². The molecule has 0 unspecified atom stereocenters. The maximum atomic E-state index is 12.9. The van der Waals surface area contributed by atoms with Crippen LogP contribution in [-0.2, 0) is 6.42 Å². The van der Waals surface area contributed by atoms with Crippen molar-refractivity contribution in [3.63, 3.8) is 0 Å². The number of benzene rings is 1. The molecule has 2 nitrogen and oxygen atoms in total. The van der Waals surface area contributed by atoms with E-state index in [1.165, 1.54) is 24.8 Å². The van der Waals surface area contributed by atoms with Crippen molar-refractivity contribution in [1.29, 1.82) is 0 Å². The van der Waals surface area contributed by atoms with Crippen LogP contribution in [0, 0.1) is 5.82 Å². The fraction of sp³-hybridized carbons (Fsp3) is 0.647. The monoisotopic (exact) mass is 278 g/mol. The molecule has 0 aliphatic carbocycles. The molecule has 1 heterocycles.